The maximum absolute atomic E-state index is 12.6. The van der Waals surface area contributed by atoms with Crippen molar-refractivity contribution in [2.75, 3.05) is 17.2 Å². The highest BCUT2D eigenvalue weighted by Crippen LogP contribution is 2.29. The second-order valence-corrected chi connectivity index (χ2v) is 8.08. The van der Waals surface area contributed by atoms with Gasteiger partial charge >= 0.3 is 0 Å². The van der Waals surface area contributed by atoms with Crippen molar-refractivity contribution in [2.24, 2.45) is 5.92 Å². The molecule has 3 N–H and O–H groups in total. The zero-order valence-corrected chi connectivity index (χ0v) is 17.0. The molecule has 0 spiro atoms. The molecule has 1 aliphatic rings. The van der Waals surface area contributed by atoms with Gasteiger partial charge in [-0.15, -0.1) is 0 Å². The van der Waals surface area contributed by atoms with Gasteiger partial charge in [0, 0.05) is 30.3 Å². The first-order chi connectivity index (χ1) is 14.5. The SMILES string of the molecule is CC(O)(Cc1ccccc1)C(=O)Nc1cc(-c2ccc(NCC3CC3)cc2)ncn1. The lowest BCUT2D eigenvalue weighted by Gasteiger charge is -2.22. The van der Waals surface area contributed by atoms with E-state index in [2.05, 4.69) is 20.6 Å². The minimum atomic E-state index is -1.55. The Morgan fingerprint density at radius 1 is 1.10 bits per heavy atom. The predicted octanol–water partition coefficient (Wildman–Crippen LogP) is 3.90. The normalized spacial score (nSPS) is 15.3. The highest BCUT2D eigenvalue weighted by molar-refractivity contribution is 5.96. The fourth-order valence-corrected chi connectivity index (χ4v) is 3.25. The minimum absolute atomic E-state index is 0.215. The zero-order valence-electron chi connectivity index (χ0n) is 17.0. The number of carbonyl (C=O) groups excluding carboxylic acids is 1. The second-order valence-electron chi connectivity index (χ2n) is 8.08. The lowest BCUT2D eigenvalue weighted by molar-refractivity contribution is -0.132. The predicted molar refractivity (Wildman–Crippen MR) is 118 cm³/mol. The topological polar surface area (TPSA) is 87.1 Å². The molecule has 1 saturated carbocycles. The average Bonchev–Trinajstić information content (AvgIpc) is 3.58. The Kier molecular flexibility index (Phi) is 5.77. The number of benzene rings is 2. The zero-order chi connectivity index (χ0) is 21.0. The van der Waals surface area contributed by atoms with Crippen molar-refractivity contribution in [3.05, 3.63) is 72.6 Å². The molecule has 0 bridgehead atoms. The van der Waals surface area contributed by atoms with Gasteiger partial charge in [0.25, 0.3) is 5.91 Å². The number of carbonyl (C=O) groups is 1. The van der Waals surface area contributed by atoms with Crippen LogP contribution in [-0.2, 0) is 11.2 Å². The van der Waals surface area contributed by atoms with E-state index in [0.717, 1.165) is 29.3 Å². The van der Waals surface area contributed by atoms with Crippen molar-refractivity contribution >= 4 is 17.4 Å². The Morgan fingerprint density at radius 2 is 1.83 bits per heavy atom. The molecular formula is C24H26N4O2. The third-order valence-corrected chi connectivity index (χ3v) is 5.26. The monoisotopic (exact) mass is 402 g/mol. The van der Waals surface area contributed by atoms with Crippen molar-refractivity contribution < 1.29 is 9.90 Å². The van der Waals surface area contributed by atoms with Crippen LogP contribution in [0, 0.1) is 5.92 Å². The molecule has 30 heavy (non-hydrogen) atoms. The molecule has 1 unspecified atom stereocenters. The summed E-state index contributed by atoms with van der Waals surface area (Å²) in [4.78, 5) is 21.1. The summed E-state index contributed by atoms with van der Waals surface area (Å²) in [6, 6.07) is 19.2. The van der Waals surface area contributed by atoms with Crippen LogP contribution in [-0.4, -0.2) is 33.1 Å². The van der Waals surface area contributed by atoms with Crippen LogP contribution in [0.1, 0.15) is 25.3 Å². The molecule has 0 radical (unpaired) electrons. The Balaban J connectivity index is 1.41. The summed E-state index contributed by atoms with van der Waals surface area (Å²) < 4.78 is 0. The van der Waals surface area contributed by atoms with Gasteiger partial charge in [-0.05, 0) is 43.4 Å². The van der Waals surface area contributed by atoms with E-state index in [0.29, 0.717) is 11.5 Å². The molecule has 1 heterocycles. The molecule has 1 aliphatic carbocycles. The van der Waals surface area contributed by atoms with Crippen molar-refractivity contribution in [1.29, 1.82) is 0 Å². The molecule has 154 valence electrons. The van der Waals surface area contributed by atoms with Gasteiger partial charge in [0.15, 0.2) is 0 Å². The quantitative estimate of drug-likeness (QED) is 0.532. The number of hydrogen-bond donors (Lipinski definition) is 3. The molecule has 1 fully saturated rings. The molecule has 1 atom stereocenters. The number of aliphatic hydroxyl groups is 1. The standard InChI is InChI=1S/C24H26N4O2/c1-24(30,14-17-5-3-2-4-6-17)23(29)28-22-13-21(26-16-27-22)19-9-11-20(12-10-19)25-15-18-7-8-18/h2-6,9-13,16,18,25,30H,7-8,14-15H2,1H3,(H,26,27,28,29). The van der Waals surface area contributed by atoms with E-state index in [9.17, 15) is 9.90 Å². The van der Waals surface area contributed by atoms with Gasteiger partial charge in [-0.2, -0.15) is 0 Å². The highest BCUT2D eigenvalue weighted by atomic mass is 16.3. The molecule has 2 aromatic carbocycles. The number of anilines is 2. The Morgan fingerprint density at radius 3 is 2.53 bits per heavy atom. The molecule has 0 saturated heterocycles. The molecule has 1 aromatic heterocycles. The van der Waals surface area contributed by atoms with Gasteiger partial charge in [0.05, 0.1) is 5.69 Å². The largest absolute Gasteiger partial charge is 0.385 e. The first-order valence-electron chi connectivity index (χ1n) is 10.2. The molecule has 6 nitrogen and oxygen atoms in total. The summed E-state index contributed by atoms with van der Waals surface area (Å²) in [5, 5.41) is 16.8. The van der Waals surface area contributed by atoms with Crippen LogP contribution >= 0.6 is 0 Å². The number of aromatic nitrogens is 2. The van der Waals surface area contributed by atoms with E-state index in [4.69, 9.17) is 0 Å². The number of rotatable bonds is 8. The fraction of sp³-hybridized carbons (Fsp3) is 0.292. The van der Waals surface area contributed by atoms with E-state index in [1.165, 1.54) is 26.1 Å². The highest BCUT2D eigenvalue weighted by Gasteiger charge is 2.31. The Bertz CT molecular complexity index is 999. The number of hydrogen-bond acceptors (Lipinski definition) is 5. The average molecular weight is 402 g/mol. The third kappa shape index (κ3) is 5.21. The Labute approximate surface area is 176 Å². The summed E-state index contributed by atoms with van der Waals surface area (Å²) in [6.45, 7) is 2.52. The van der Waals surface area contributed by atoms with E-state index in [1.54, 1.807) is 6.07 Å². The van der Waals surface area contributed by atoms with Crippen LogP contribution in [0.3, 0.4) is 0 Å². The molecule has 4 rings (SSSR count). The molecular weight excluding hydrogens is 376 g/mol. The summed E-state index contributed by atoms with van der Waals surface area (Å²) in [6.07, 6.45) is 4.26. The van der Waals surface area contributed by atoms with Gasteiger partial charge in [-0.3, -0.25) is 4.79 Å². The van der Waals surface area contributed by atoms with Gasteiger partial charge in [0.1, 0.15) is 17.7 Å². The molecule has 0 aliphatic heterocycles. The van der Waals surface area contributed by atoms with Crippen LogP contribution in [0.15, 0.2) is 67.0 Å². The molecule has 1 amide bonds. The summed E-state index contributed by atoms with van der Waals surface area (Å²) in [5.74, 6) is 0.668. The van der Waals surface area contributed by atoms with Crippen molar-refractivity contribution in [3.63, 3.8) is 0 Å². The maximum Gasteiger partial charge on any atom is 0.257 e. The molecule has 6 heteroatoms. The summed E-state index contributed by atoms with van der Waals surface area (Å²) in [7, 11) is 0. The first kappa shape index (κ1) is 20.0. The van der Waals surface area contributed by atoms with Gasteiger partial charge in [-0.1, -0.05) is 42.5 Å². The summed E-state index contributed by atoms with van der Waals surface area (Å²) >= 11 is 0. The van der Waals surface area contributed by atoms with Crippen LogP contribution in [0.4, 0.5) is 11.5 Å². The van der Waals surface area contributed by atoms with Crippen LogP contribution in [0.5, 0.6) is 0 Å². The lowest BCUT2D eigenvalue weighted by Crippen LogP contribution is -2.42. The smallest absolute Gasteiger partial charge is 0.257 e. The summed E-state index contributed by atoms with van der Waals surface area (Å²) in [5.41, 5.74) is 2.06. The van der Waals surface area contributed by atoms with E-state index in [1.807, 2.05) is 54.6 Å². The second kappa shape index (κ2) is 8.63. The van der Waals surface area contributed by atoms with E-state index < -0.39 is 11.5 Å². The number of nitrogens with zero attached hydrogens (tertiary/aromatic N) is 2. The van der Waals surface area contributed by atoms with Crippen molar-refractivity contribution in [1.82, 2.24) is 9.97 Å². The number of amides is 1. The fourth-order valence-electron chi connectivity index (χ4n) is 3.25. The van der Waals surface area contributed by atoms with Crippen LogP contribution < -0.4 is 10.6 Å². The van der Waals surface area contributed by atoms with E-state index in [-0.39, 0.29) is 6.42 Å². The van der Waals surface area contributed by atoms with Crippen LogP contribution in [0.25, 0.3) is 11.3 Å². The first-order valence-corrected chi connectivity index (χ1v) is 10.2. The maximum atomic E-state index is 12.6. The van der Waals surface area contributed by atoms with E-state index >= 15 is 0 Å². The van der Waals surface area contributed by atoms with Crippen LogP contribution in [0.2, 0.25) is 0 Å². The van der Waals surface area contributed by atoms with Gasteiger partial charge in [-0.25, -0.2) is 9.97 Å². The van der Waals surface area contributed by atoms with Gasteiger partial charge in [0.2, 0.25) is 0 Å². The minimum Gasteiger partial charge on any atom is -0.385 e. The van der Waals surface area contributed by atoms with Gasteiger partial charge < -0.3 is 15.7 Å². The Hall–Kier alpha value is -3.25. The lowest BCUT2D eigenvalue weighted by atomic mass is 9.95. The van der Waals surface area contributed by atoms with Crippen molar-refractivity contribution in [2.45, 2.75) is 31.8 Å². The third-order valence-electron chi connectivity index (χ3n) is 5.26. The number of nitrogens with one attached hydrogen (secondary N) is 2. The molecule has 3 aromatic rings. The van der Waals surface area contributed by atoms with Crippen molar-refractivity contribution in [3.8, 4) is 11.3 Å².